The second kappa shape index (κ2) is 5.07. The number of aliphatic carboxylic acids is 1. The molecule has 0 fully saturated rings. The molecule has 0 saturated heterocycles. The van der Waals surface area contributed by atoms with Crippen molar-refractivity contribution in [1.82, 2.24) is 0 Å². The summed E-state index contributed by atoms with van der Waals surface area (Å²) in [5.41, 5.74) is 0. The van der Waals surface area contributed by atoms with Crippen LogP contribution in [0.2, 0.25) is 0 Å². The third-order valence-electron chi connectivity index (χ3n) is 0. The first-order valence-corrected chi connectivity index (χ1v) is 0.928. The monoisotopic (exact) mass is 283 g/mol. The van der Waals surface area contributed by atoms with Gasteiger partial charge in [-0.05, 0) is 0 Å². The van der Waals surface area contributed by atoms with Crippen LogP contribution in [0.5, 0.6) is 0 Å². The standard InChI is InChI=1S/C2H4O2.Fr/c1-2(3)4;/h1H3,(H,3,4);. The second-order valence-corrected chi connectivity index (χ2v) is 0.519. The van der Waals surface area contributed by atoms with Crippen LogP contribution < -0.4 is 0 Å². The number of rotatable bonds is 0. The fraction of sp³-hybridized carbons (Fsp3) is 0.500. The average Bonchev–Trinajstić information content (AvgIpc) is 0.811. The summed E-state index contributed by atoms with van der Waals surface area (Å²) in [6, 6.07) is 0. The fourth-order valence-electron chi connectivity index (χ4n) is 0. The summed E-state index contributed by atoms with van der Waals surface area (Å²) in [7, 11) is 0. The number of carboxylic acids is 1. The maximum Gasteiger partial charge on any atom is 0.300 e. The normalized spacial score (nSPS) is 5.00. The van der Waals surface area contributed by atoms with Gasteiger partial charge in [0.25, 0.3) is 5.97 Å². The van der Waals surface area contributed by atoms with Crippen molar-refractivity contribution in [2.24, 2.45) is 0 Å². The van der Waals surface area contributed by atoms with Gasteiger partial charge in [-0.25, -0.2) is 0 Å². The third kappa shape index (κ3) is 41.8. The molecule has 0 aliphatic carbocycles. The summed E-state index contributed by atoms with van der Waals surface area (Å²) in [4.78, 5) is 9.00. The molecule has 0 amide bonds. The molecule has 25 valence electrons. The van der Waals surface area contributed by atoms with Crippen LogP contribution in [0.1, 0.15) is 6.92 Å². The van der Waals surface area contributed by atoms with Gasteiger partial charge in [-0.2, -0.15) is 0 Å². The Morgan fingerprint density at radius 1 is 1.80 bits per heavy atom. The fourth-order valence-corrected chi connectivity index (χ4v) is 0. The molecule has 0 saturated carbocycles. The molecule has 1 N–H and O–H groups in total. The SMILES string of the molecule is CC(=O)O.[Fr]. The molecule has 1 radical (unpaired) electrons. The number of carbonyl (C=O) groups is 1. The third-order valence-corrected chi connectivity index (χ3v) is 0. The van der Waals surface area contributed by atoms with Crippen LogP contribution in [0.25, 0.3) is 0 Å². The predicted octanol–water partition coefficient (Wildman–Crippen LogP) is 0.0909. The zero-order valence-electron chi connectivity index (χ0n) is 3.36. The second-order valence-electron chi connectivity index (χ2n) is 0.519. The predicted molar refractivity (Wildman–Crippen MR) is 13.3 cm³/mol. The molecule has 0 aliphatic rings. The van der Waals surface area contributed by atoms with Crippen LogP contribution in [0.3, 0.4) is 0 Å². The van der Waals surface area contributed by atoms with Crippen molar-refractivity contribution in [2.45, 2.75) is 6.92 Å². The van der Waals surface area contributed by atoms with Gasteiger partial charge < -0.3 is 5.11 Å². The maximum absolute atomic E-state index is 9.00. The van der Waals surface area contributed by atoms with Gasteiger partial charge in [0.2, 0.25) is 0 Å². The van der Waals surface area contributed by atoms with Crippen molar-refractivity contribution in [3.05, 3.63) is 0 Å². The van der Waals surface area contributed by atoms with E-state index in [4.69, 9.17) is 9.90 Å². The number of hydrogen-bond acceptors (Lipinski definition) is 1. The average molecular weight is 283 g/mol. The van der Waals surface area contributed by atoms with E-state index >= 15 is 0 Å². The Morgan fingerprint density at radius 3 is 1.80 bits per heavy atom. The molecular formula is C2H4FrO2. The van der Waals surface area contributed by atoms with Crippen LogP contribution in [0.15, 0.2) is 0 Å². The maximum atomic E-state index is 9.00. The van der Waals surface area contributed by atoms with E-state index in [-0.39, 0.29) is 49.9 Å². The van der Waals surface area contributed by atoms with E-state index in [9.17, 15) is 0 Å². The quantitative estimate of drug-likeness (QED) is 0.684. The zero-order chi connectivity index (χ0) is 3.58. The van der Waals surface area contributed by atoms with Crippen LogP contribution in [-0.4, -0.2) is 11.1 Å². The van der Waals surface area contributed by atoms with Gasteiger partial charge in [-0.3, -0.25) is 4.79 Å². The van der Waals surface area contributed by atoms with E-state index in [1.165, 1.54) is 0 Å². The van der Waals surface area contributed by atoms with Gasteiger partial charge in [0, 0.05) is 56.8 Å². The van der Waals surface area contributed by atoms with E-state index in [0.717, 1.165) is 6.92 Å². The largest absolute Gasteiger partial charge is 0.481 e. The Morgan fingerprint density at radius 2 is 1.80 bits per heavy atom. The van der Waals surface area contributed by atoms with E-state index in [2.05, 4.69) is 0 Å². The first kappa shape index (κ1) is 9.42. The Bertz CT molecular complexity index is 30.6. The molecule has 0 bridgehead atoms. The van der Waals surface area contributed by atoms with Crippen LogP contribution in [0.4, 0.5) is 0 Å². The van der Waals surface area contributed by atoms with E-state index in [1.54, 1.807) is 0 Å². The molecule has 0 atom stereocenters. The van der Waals surface area contributed by atoms with Crippen molar-refractivity contribution in [3.63, 3.8) is 0 Å². The molecule has 0 unspecified atom stereocenters. The summed E-state index contributed by atoms with van der Waals surface area (Å²) >= 11 is 0. The molecule has 0 rings (SSSR count). The number of carboxylic acid groups (broad SMARTS) is 1. The summed E-state index contributed by atoms with van der Waals surface area (Å²) in [5, 5.41) is 7.42. The van der Waals surface area contributed by atoms with Crippen molar-refractivity contribution in [2.75, 3.05) is 0 Å². The van der Waals surface area contributed by atoms with Crippen molar-refractivity contribution < 1.29 is 59.8 Å². The van der Waals surface area contributed by atoms with Gasteiger partial charge in [0.05, 0.1) is 0 Å². The topological polar surface area (TPSA) is 37.3 Å². The van der Waals surface area contributed by atoms with E-state index < -0.39 is 5.97 Å². The first-order valence-electron chi connectivity index (χ1n) is 0.928. The molecule has 0 heterocycles. The van der Waals surface area contributed by atoms with E-state index in [1.807, 2.05) is 0 Å². The van der Waals surface area contributed by atoms with Gasteiger partial charge in [0.15, 0.2) is 0 Å². The van der Waals surface area contributed by atoms with Crippen LogP contribution in [0, 0.1) is 49.9 Å². The summed E-state index contributed by atoms with van der Waals surface area (Å²) in [6.07, 6.45) is 0. The minimum Gasteiger partial charge on any atom is -0.481 e. The Balaban J connectivity index is 0. The summed E-state index contributed by atoms with van der Waals surface area (Å²) in [6.45, 7) is 1.08. The summed E-state index contributed by atoms with van der Waals surface area (Å²) < 4.78 is 0. The molecule has 5 heavy (non-hydrogen) atoms. The Labute approximate surface area is 71.6 Å². The molecule has 0 aromatic carbocycles. The molecule has 0 aromatic rings. The Hall–Kier alpha value is 1.07. The molecule has 0 aliphatic heterocycles. The number of hydrogen-bond donors (Lipinski definition) is 1. The minimum absolute atomic E-state index is 0. The van der Waals surface area contributed by atoms with Crippen molar-refractivity contribution in [1.29, 1.82) is 0 Å². The van der Waals surface area contributed by atoms with Gasteiger partial charge in [-0.15, -0.1) is 0 Å². The van der Waals surface area contributed by atoms with Gasteiger partial charge in [0.1, 0.15) is 0 Å². The minimum atomic E-state index is -0.833. The van der Waals surface area contributed by atoms with Crippen LogP contribution in [-0.2, 0) is 4.79 Å². The first-order chi connectivity index (χ1) is 1.73. The molecule has 0 aromatic heterocycles. The molecule has 0 spiro atoms. The smallest absolute Gasteiger partial charge is 0.300 e. The zero-order valence-corrected chi connectivity index (χ0v) is 11.6. The van der Waals surface area contributed by atoms with E-state index in [0.29, 0.717) is 0 Å². The molecular weight excluding hydrogens is 279 g/mol. The van der Waals surface area contributed by atoms with Crippen molar-refractivity contribution >= 4 is 5.97 Å². The Kier molecular flexibility index (Phi) is 9.54. The molecule has 2 nitrogen and oxygen atoms in total. The van der Waals surface area contributed by atoms with Crippen molar-refractivity contribution in [3.8, 4) is 0 Å². The van der Waals surface area contributed by atoms with Crippen LogP contribution >= 0.6 is 0 Å². The van der Waals surface area contributed by atoms with Gasteiger partial charge in [-0.1, -0.05) is 0 Å². The summed E-state index contributed by atoms with van der Waals surface area (Å²) in [5.74, 6) is -0.833. The molecule has 3 heteroatoms. The van der Waals surface area contributed by atoms with Gasteiger partial charge >= 0.3 is 0 Å².